The third-order valence-electron chi connectivity index (χ3n) is 3.83. The molecule has 1 amide bonds. The maximum atomic E-state index is 12.0. The van der Waals surface area contributed by atoms with Gasteiger partial charge in [0.15, 0.2) is 0 Å². The molecule has 22 heavy (non-hydrogen) atoms. The van der Waals surface area contributed by atoms with Crippen molar-refractivity contribution in [1.29, 1.82) is 0 Å². The van der Waals surface area contributed by atoms with E-state index in [1.807, 2.05) is 6.07 Å². The second-order valence-corrected chi connectivity index (χ2v) is 5.97. The van der Waals surface area contributed by atoms with Crippen molar-refractivity contribution < 1.29 is 19.4 Å². The van der Waals surface area contributed by atoms with E-state index < -0.39 is 11.9 Å². The summed E-state index contributed by atoms with van der Waals surface area (Å²) in [7, 11) is 0. The van der Waals surface area contributed by atoms with E-state index in [1.165, 1.54) is 0 Å². The number of amides is 1. The van der Waals surface area contributed by atoms with Gasteiger partial charge in [0.1, 0.15) is 0 Å². The summed E-state index contributed by atoms with van der Waals surface area (Å²) in [5.74, 6) is -1.03. The normalized spacial score (nSPS) is 21.0. The van der Waals surface area contributed by atoms with E-state index in [0.717, 1.165) is 5.56 Å². The van der Waals surface area contributed by atoms with Gasteiger partial charge in [0.2, 0.25) is 5.91 Å². The summed E-state index contributed by atoms with van der Waals surface area (Å²) in [4.78, 5) is 26.9. The summed E-state index contributed by atoms with van der Waals surface area (Å²) < 4.78 is 5.40. The molecule has 1 fully saturated rings. The summed E-state index contributed by atoms with van der Waals surface area (Å²) in [5.41, 5.74) is 1.76. The van der Waals surface area contributed by atoms with Gasteiger partial charge >= 0.3 is 5.97 Å². The highest BCUT2D eigenvalue weighted by molar-refractivity contribution is 5.90. The summed E-state index contributed by atoms with van der Waals surface area (Å²) >= 11 is 0. The van der Waals surface area contributed by atoms with E-state index in [-0.39, 0.29) is 18.6 Å². The van der Waals surface area contributed by atoms with Crippen LogP contribution >= 0.6 is 0 Å². The van der Waals surface area contributed by atoms with E-state index in [9.17, 15) is 9.59 Å². The Morgan fingerprint density at radius 1 is 1.45 bits per heavy atom. The van der Waals surface area contributed by atoms with E-state index >= 15 is 0 Å². The molecule has 0 radical (unpaired) electrons. The van der Waals surface area contributed by atoms with Gasteiger partial charge in [-0.05, 0) is 30.4 Å². The zero-order chi connectivity index (χ0) is 16.1. The molecule has 2 heterocycles. The number of carboxylic acid groups (broad SMARTS) is 1. The van der Waals surface area contributed by atoms with Crippen LogP contribution in [0.2, 0.25) is 0 Å². The fourth-order valence-corrected chi connectivity index (χ4v) is 2.44. The second-order valence-electron chi connectivity index (χ2n) is 5.97. The molecule has 0 bridgehead atoms. The Balaban J connectivity index is 1.79. The van der Waals surface area contributed by atoms with Crippen molar-refractivity contribution in [2.75, 3.05) is 11.9 Å². The van der Waals surface area contributed by atoms with Crippen LogP contribution in [0.15, 0.2) is 18.5 Å². The van der Waals surface area contributed by atoms with E-state index in [2.05, 4.69) is 24.1 Å². The highest BCUT2D eigenvalue weighted by atomic mass is 16.5. The number of nitrogens with one attached hydrogen (secondary N) is 1. The monoisotopic (exact) mass is 306 g/mol. The molecule has 2 rings (SSSR count). The number of hydrogen-bond donors (Lipinski definition) is 2. The molecule has 1 aromatic rings. The smallest absolute Gasteiger partial charge is 0.308 e. The highest BCUT2D eigenvalue weighted by Gasteiger charge is 2.30. The number of carbonyl (C=O) groups excluding carboxylic acids is 1. The van der Waals surface area contributed by atoms with Crippen molar-refractivity contribution >= 4 is 17.6 Å². The molecule has 0 saturated carbocycles. The largest absolute Gasteiger partial charge is 0.481 e. The average Bonchev–Trinajstić information content (AvgIpc) is 2.94. The summed E-state index contributed by atoms with van der Waals surface area (Å²) in [5, 5.41) is 11.7. The number of anilines is 1. The van der Waals surface area contributed by atoms with Crippen LogP contribution in [0.4, 0.5) is 5.69 Å². The van der Waals surface area contributed by atoms with Crippen LogP contribution in [-0.4, -0.2) is 34.7 Å². The molecule has 0 aliphatic carbocycles. The fourth-order valence-electron chi connectivity index (χ4n) is 2.44. The predicted octanol–water partition coefficient (Wildman–Crippen LogP) is 2.41. The van der Waals surface area contributed by atoms with Crippen LogP contribution in [0, 0.1) is 5.92 Å². The highest BCUT2D eigenvalue weighted by Crippen LogP contribution is 2.23. The van der Waals surface area contributed by atoms with Crippen molar-refractivity contribution in [2.45, 2.75) is 45.1 Å². The van der Waals surface area contributed by atoms with E-state index in [1.54, 1.807) is 12.4 Å². The number of pyridine rings is 1. The zero-order valence-corrected chi connectivity index (χ0v) is 12.9. The molecule has 6 nitrogen and oxygen atoms in total. The van der Waals surface area contributed by atoms with Gasteiger partial charge in [-0.15, -0.1) is 0 Å². The topological polar surface area (TPSA) is 88.5 Å². The molecule has 1 aliphatic heterocycles. The van der Waals surface area contributed by atoms with Gasteiger partial charge in [-0.1, -0.05) is 13.8 Å². The van der Waals surface area contributed by atoms with Gasteiger partial charge in [-0.3, -0.25) is 14.6 Å². The third-order valence-corrected chi connectivity index (χ3v) is 3.83. The molecule has 1 saturated heterocycles. The first-order valence-electron chi connectivity index (χ1n) is 7.55. The molecule has 2 N–H and O–H groups in total. The maximum Gasteiger partial charge on any atom is 0.308 e. The van der Waals surface area contributed by atoms with Crippen molar-refractivity contribution in [3.05, 3.63) is 24.0 Å². The maximum absolute atomic E-state index is 12.0. The van der Waals surface area contributed by atoms with Crippen molar-refractivity contribution in [3.8, 4) is 0 Å². The number of aromatic nitrogens is 1. The standard InChI is InChI=1S/C16H22N2O4/c1-10(2)11-5-13(8-17-7-11)18-15(19)4-3-14-6-12(9-22-14)16(20)21/h5,7-8,10,12,14H,3-4,6,9H2,1-2H3,(H,18,19)(H,20,21)/t12-,14+/m0/s1. The minimum Gasteiger partial charge on any atom is -0.481 e. The quantitative estimate of drug-likeness (QED) is 0.842. The molecule has 0 spiro atoms. The van der Waals surface area contributed by atoms with Gasteiger partial charge < -0.3 is 15.2 Å². The number of nitrogens with zero attached hydrogens (tertiary/aromatic N) is 1. The zero-order valence-electron chi connectivity index (χ0n) is 12.9. The summed E-state index contributed by atoms with van der Waals surface area (Å²) in [6.45, 7) is 4.37. The molecule has 2 atom stereocenters. The molecule has 1 aromatic heterocycles. The SMILES string of the molecule is CC(C)c1cncc(NC(=O)CC[C@@H]2C[C@H](C(=O)O)CO2)c1. The Hall–Kier alpha value is -1.95. The number of ether oxygens (including phenoxy) is 1. The molecule has 120 valence electrons. The predicted molar refractivity (Wildman–Crippen MR) is 81.7 cm³/mol. The number of hydrogen-bond acceptors (Lipinski definition) is 4. The van der Waals surface area contributed by atoms with Gasteiger partial charge in [0.25, 0.3) is 0 Å². The van der Waals surface area contributed by atoms with Crippen LogP contribution in [0.1, 0.15) is 44.6 Å². The molecular formula is C16H22N2O4. The Morgan fingerprint density at radius 3 is 2.86 bits per heavy atom. The number of carbonyl (C=O) groups is 2. The first-order valence-corrected chi connectivity index (χ1v) is 7.55. The van der Waals surface area contributed by atoms with Crippen molar-refractivity contribution in [2.24, 2.45) is 5.92 Å². The minimum absolute atomic E-state index is 0.106. The second kappa shape index (κ2) is 7.35. The molecule has 0 aromatic carbocycles. The lowest BCUT2D eigenvalue weighted by Crippen LogP contribution is -2.16. The van der Waals surface area contributed by atoms with Crippen LogP contribution < -0.4 is 5.32 Å². The van der Waals surface area contributed by atoms with Gasteiger partial charge in [-0.25, -0.2) is 0 Å². The van der Waals surface area contributed by atoms with Crippen LogP contribution in [0.3, 0.4) is 0 Å². The van der Waals surface area contributed by atoms with Gasteiger partial charge in [-0.2, -0.15) is 0 Å². The number of aliphatic carboxylic acids is 1. The molecule has 0 unspecified atom stereocenters. The summed E-state index contributed by atoms with van der Waals surface area (Å²) in [6, 6.07) is 1.92. The lowest BCUT2D eigenvalue weighted by atomic mass is 10.0. The fraction of sp³-hybridized carbons (Fsp3) is 0.562. The van der Waals surface area contributed by atoms with E-state index in [0.29, 0.717) is 30.9 Å². The lowest BCUT2D eigenvalue weighted by molar-refractivity contribution is -0.141. The van der Waals surface area contributed by atoms with Gasteiger partial charge in [0, 0.05) is 12.6 Å². The number of carboxylic acids is 1. The van der Waals surface area contributed by atoms with Crippen LogP contribution in [0.25, 0.3) is 0 Å². The lowest BCUT2D eigenvalue weighted by Gasteiger charge is -2.11. The van der Waals surface area contributed by atoms with Crippen LogP contribution in [-0.2, 0) is 14.3 Å². The Bertz CT molecular complexity index is 545. The molecule has 1 aliphatic rings. The van der Waals surface area contributed by atoms with Crippen molar-refractivity contribution in [1.82, 2.24) is 4.98 Å². The van der Waals surface area contributed by atoms with Gasteiger partial charge in [0.05, 0.1) is 30.5 Å². The Kier molecular flexibility index (Phi) is 5.49. The first-order chi connectivity index (χ1) is 10.5. The third kappa shape index (κ3) is 4.53. The average molecular weight is 306 g/mol. The molecule has 6 heteroatoms. The first kappa shape index (κ1) is 16.4. The minimum atomic E-state index is -0.830. The summed E-state index contributed by atoms with van der Waals surface area (Å²) in [6.07, 6.45) is 4.59. The number of rotatable bonds is 6. The van der Waals surface area contributed by atoms with Crippen LogP contribution in [0.5, 0.6) is 0 Å². The molecular weight excluding hydrogens is 284 g/mol. The Labute approximate surface area is 129 Å². The Morgan fingerprint density at radius 2 is 2.23 bits per heavy atom. The van der Waals surface area contributed by atoms with E-state index in [4.69, 9.17) is 9.84 Å². The van der Waals surface area contributed by atoms with Crippen molar-refractivity contribution in [3.63, 3.8) is 0 Å².